The Morgan fingerprint density at radius 1 is 1.45 bits per heavy atom. The summed E-state index contributed by atoms with van der Waals surface area (Å²) in [6.07, 6.45) is 5.87. The molecular formula is C8H7IN2. The van der Waals surface area contributed by atoms with Crippen LogP contribution in [0.3, 0.4) is 0 Å². The minimum absolute atomic E-state index is 0.00374. The summed E-state index contributed by atoms with van der Waals surface area (Å²) in [4.78, 5) is 4.26. The molecule has 2 heterocycles. The van der Waals surface area contributed by atoms with E-state index in [0.717, 1.165) is 5.69 Å². The van der Waals surface area contributed by atoms with E-state index in [9.17, 15) is 0 Å². The van der Waals surface area contributed by atoms with E-state index in [1.807, 2.05) is 6.07 Å². The van der Waals surface area contributed by atoms with Crippen LogP contribution in [0, 0.1) is 3.28 Å². The van der Waals surface area contributed by atoms with Crippen molar-refractivity contribution in [3.63, 3.8) is 0 Å². The third kappa shape index (κ3) is 1.33. The highest BCUT2D eigenvalue weighted by atomic mass is 127. The highest BCUT2D eigenvalue weighted by molar-refractivity contribution is 14.2. The number of nitrogen functional groups attached to an aromatic ring is 1. The van der Waals surface area contributed by atoms with Gasteiger partial charge < -0.3 is 5.73 Å². The van der Waals surface area contributed by atoms with Gasteiger partial charge in [-0.15, -0.1) is 0 Å². The molecule has 0 aliphatic carbocycles. The van der Waals surface area contributed by atoms with Crippen molar-refractivity contribution in [3.8, 4) is 0 Å². The van der Waals surface area contributed by atoms with Crippen molar-refractivity contribution in [1.82, 2.24) is 4.98 Å². The van der Waals surface area contributed by atoms with E-state index in [2.05, 4.69) is 21.2 Å². The fourth-order valence-corrected chi connectivity index (χ4v) is 2.68. The number of fused-ring (bicyclic) bond motifs is 1. The lowest BCUT2D eigenvalue weighted by Gasteiger charge is -1.93. The van der Waals surface area contributed by atoms with Gasteiger partial charge in [-0.3, -0.25) is 0 Å². The quantitative estimate of drug-likeness (QED) is 0.710. The van der Waals surface area contributed by atoms with Gasteiger partial charge >= 0.3 is 0 Å². The maximum absolute atomic E-state index is 5.59. The van der Waals surface area contributed by atoms with Crippen LogP contribution in [0.25, 0.3) is 6.08 Å². The van der Waals surface area contributed by atoms with E-state index in [-0.39, 0.29) is 20.7 Å². The third-order valence-electron chi connectivity index (χ3n) is 1.40. The highest BCUT2D eigenvalue weighted by Crippen LogP contribution is 2.07. The summed E-state index contributed by atoms with van der Waals surface area (Å²) in [5.74, 6) is 0. The molecule has 0 saturated carbocycles. The summed E-state index contributed by atoms with van der Waals surface area (Å²) in [5, 5.41) is 1.19. The van der Waals surface area contributed by atoms with Crippen LogP contribution in [0.5, 0.6) is 0 Å². The molecule has 0 fully saturated rings. The number of allylic oxidation sites excluding steroid dienone is 1. The molecule has 0 bridgehead atoms. The van der Waals surface area contributed by atoms with E-state index < -0.39 is 0 Å². The first kappa shape index (κ1) is 6.97. The molecule has 2 nitrogen and oxygen atoms in total. The Kier molecular flexibility index (Phi) is 1.73. The zero-order valence-corrected chi connectivity index (χ0v) is 7.95. The molecule has 1 aromatic heterocycles. The minimum atomic E-state index is 0.00374. The topological polar surface area (TPSA) is 38.9 Å². The van der Waals surface area contributed by atoms with Gasteiger partial charge in [-0.1, -0.05) is 32.9 Å². The number of pyridine rings is 1. The Labute approximate surface area is 74.2 Å². The molecule has 56 valence electrons. The molecule has 0 radical (unpaired) electrons. The number of nitrogens with two attached hydrogens (primary N) is 1. The lowest BCUT2D eigenvalue weighted by molar-refractivity contribution is 1.28. The van der Waals surface area contributed by atoms with Gasteiger partial charge in [0.25, 0.3) is 0 Å². The lowest BCUT2D eigenvalue weighted by atomic mass is 10.3. The number of nitrogens with zero attached hydrogens (tertiary/aromatic N) is 1. The van der Waals surface area contributed by atoms with E-state index in [1.54, 1.807) is 6.20 Å². The average Bonchev–Trinajstić information content (AvgIpc) is 2.04. The number of hydrogen-bond acceptors (Lipinski definition) is 2. The number of anilines is 1. The van der Waals surface area contributed by atoms with Crippen molar-refractivity contribution in [3.05, 3.63) is 30.9 Å². The Morgan fingerprint density at radius 2 is 2.36 bits per heavy atom. The van der Waals surface area contributed by atoms with Gasteiger partial charge in [-0.25, -0.2) is 4.98 Å². The Balaban J connectivity index is 2.86. The van der Waals surface area contributed by atoms with Crippen LogP contribution in [0.2, 0.25) is 0 Å². The summed E-state index contributed by atoms with van der Waals surface area (Å²) >= 11 is 0.00374. The van der Waals surface area contributed by atoms with Gasteiger partial charge in [0.15, 0.2) is 0 Å². The maximum atomic E-state index is 5.59. The predicted octanol–water partition coefficient (Wildman–Crippen LogP) is 1.19. The first-order chi connectivity index (χ1) is 5.36. The number of aromatic nitrogens is 1. The molecule has 2 rings (SSSR count). The van der Waals surface area contributed by atoms with Crippen molar-refractivity contribution < 1.29 is 0 Å². The van der Waals surface area contributed by atoms with Crippen LogP contribution in [0.4, 0.5) is 5.69 Å². The Hall–Kier alpha value is -0.710. The van der Waals surface area contributed by atoms with Gasteiger partial charge in [0.2, 0.25) is 0 Å². The van der Waals surface area contributed by atoms with E-state index in [4.69, 9.17) is 5.73 Å². The molecule has 1 aliphatic heterocycles. The van der Waals surface area contributed by atoms with Gasteiger partial charge in [0.05, 0.1) is 11.9 Å². The molecule has 2 N–H and O–H groups in total. The molecule has 3 heteroatoms. The summed E-state index contributed by atoms with van der Waals surface area (Å²) in [7, 11) is 0. The highest BCUT2D eigenvalue weighted by Gasteiger charge is 1.90. The monoisotopic (exact) mass is 258 g/mol. The van der Waals surface area contributed by atoms with Crippen molar-refractivity contribution in [1.29, 1.82) is 0 Å². The van der Waals surface area contributed by atoms with Crippen LogP contribution in [0.15, 0.2) is 22.4 Å². The van der Waals surface area contributed by atoms with Crippen LogP contribution in [0.1, 0.15) is 0 Å². The standard InChI is InChI=1S/C8H7IN2/c10-7-4-6-2-1-3-9-8(6)11-5-7/h1-5H,10H2. The number of hydrogen-bond donors (Lipinski definition) is 1. The van der Waals surface area contributed by atoms with Gasteiger partial charge in [-0.05, 0) is 10.1 Å². The first-order valence-corrected chi connectivity index (χ1v) is 5.57. The Bertz CT molecular complexity index is 420. The molecule has 0 amide bonds. The fourth-order valence-electron chi connectivity index (χ4n) is 0.926. The molecular weight excluding hydrogens is 251 g/mol. The van der Waals surface area contributed by atoms with Crippen LogP contribution >= 0.6 is 20.7 Å². The summed E-state index contributed by atoms with van der Waals surface area (Å²) in [6.45, 7) is 0. The second-order valence-corrected chi connectivity index (χ2v) is 4.61. The molecule has 0 unspecified atom stereocenters. The van der Waals surface area contributed by atoms with E-state index in [1.165, 1.54) is 8.50 Å². The molecule has 1 aromatic rings. The average molecular weight is 258 g/mol. The largest absolute Gasteiger partial charge is 0.397 e. The summed E-state index contributed by atoms with van der Waals surface area (Å²) in [5.41, 5.74) is 6.34. The number of rotatable bonds is 0. The van der Waals surface area contributed by atoms with Crippen LogP contribution in [-0.2, 0) is 0 Å². The zero-order chi connectivity index (χ0) is 7.68. The molecule has 1 aliphatic rings. The normalized spacial score (nSPS) is 13.8. The SMILES string of the molecule is Nc1cnc2c(c1)=CC=CI=2. The third-order valence-corrected chi connectivity index (χ3v) is 3.67. The minimum Gasteiger partial charge on any atom is -0.397 e. The molecule has 0 aromatic carbocycles. The van der Waals surface area contributed by atoms with Crippen LogP contribution < -0.4 is 11.0 Å². The van der Waals surface area contributed by atoms with E-state index in [0.29, 0.717) is 0 Å². The predicted molar refractivity (Wildman–Crippen MR) is 54.7 cm³/mol. The van der Waals surface area contributed by atoms with Crippen molar-refractivity contribution in [2.75, 3.05) is 5.73 Å². The molecule has 0 atom stereocenters. The van der Waals surface area contributed by atoms with Crippen LogP contribution in [-0.4, -0.2) is 4.98 Å². The second kappa shape index (κ2) is 2.73. The molecule has 0 saturated heterocycles. The molecule has 11 heavy (non-hydrogen) atoms. The number of halogens is 1. The maximum Gasteiger partial charge on any atom is 0.103 e. The first-order valence-electron chi connectivity index (χ1n) is 3.25. The lowest BCUT2D eigenvalue weighted by Crippen LogP contribution is -2.06. The fraction of sp³-hybridized carbons (Fsp3) is 0. The smallest absolute Gasteiger partial charge is 0.103 e. The summed E-state index contributed by atoms with van der Waals surface area (Å²) < 4.78 is 3.42. The second-order valence-electron chi connectivity index (χ2n) is 2.24. The van der Waals surface area contributed by atoms with Crippen molar-refractivity contribution in [2.24, 2.45) is 0 Å². The Morgan fingerprint density at radius 3 is 3.27 bits per heavy atom. The summed E-state index contributed by atoms with van der Waals surface area (Å²) in [6, 6.07) is 1.98. The zero-order valence-electron chi connectivity index (χ0n) is 5.79. The van der Waals surface area contributed by atoms with E-state index >= 15 is 0 Å². The van der Waals surface area contributed by atoms with Crippen molar-refractivity contribution in [2.45, 2.75) is 0 Å². The van der Waals surface area contributed by atoms with Gasteiger partial charge in [0.1, 0.15) is 3.28 Å². The molecule has 0 spiro atoms. The van der Waals surface area contributed by atoms with Gasteiger partial charge in [-0.2, -0.15) is 0 Å². The van der Waals surface area contributed by atoms with Gasteiger partial charge in [0, 0.05) is 5.22 Å². The van der Waals surface area contributed by atoms with Crippen molar-refractivity contribution >= 4 is 32.5 Å².